The molecule has 0 spiro atoms. The first-order valence-electron chi connectivity index (χ1n) is 42.0. The fourth-order valence-electron chi connectivity index (χ4n) is 14.8. The molecule has 7 aromatic heterocycles. The van der Waals surface area contributed by atoms with Crippen LogP contribution in [0.1, 0.15) is 171 Å². The highest BCUT2D eigenvalue weighted by molar-refractivity contribution is 5.98. The van der Waals surface area contributed by atoms with Crippen LogP contribution in [-0.4, -0.2) is 143 Å². The smallest absolute Gasteiger partial charge is 0.336 e. The van der Waals surface area contributed by atoms with Crippen LogP contribution in [0.15, 0.2) is 239 Å². The second-order valence-electron chi connectivity index (χ2n) is 31.0. The molecular formula is C101H107N13O14. The Morgan fingerprint density at radius 1 is 0.461 bits per heavy atom. The van der Waals surface area contributed by atoms with Crippen molar-refractivity contribution in [2.24, 2.45) is 0 Å². The average Bonchev–Trinajstić information content (AvgIpc) is 1.55. The molecule has 2 aliphatic rings. The summed E-state index contributed by atoms with van der Waals surface area (Å²) >= 11 is 0. The van der Waals surface area contributed by atoms with E-state index >= 15 is 0 Å². The maximum Gasteiger partial charge on any atom is 0.336 e. The molecule has 2 atom stereocenters. The SMILES string of the molecule is C=Cc1c(O)cc(N(C)C)cc1OCc1cccnc1-c1ccnn1C(C)C.C=Cc1c(OCc2cccnc2-c2ccnn2C(C)C)cccc1C(=O)O.COc1ccccc1N1C(=O)CC[C@H]1COc1cccc(C)c1C=O.Cc1cccc(OC[C@@H]2CCC(=O)N2c2ccccc2)c1C=O.Cc1nccc(OCc2cccnc2-c2ccnn2C(C)C)c1C=O. The average molecular weight is 1730 g/mol. The molecule has 128 heavy (non-hydrogen) atoms. The van der Waals surface area contributed by atoms with E-state index in [0.29, 0.717) is 114 Å². The van der Waals surface area contributed by atoms with Crippen molar-refractivity contribution in [1.82, 2.24) is 49.3 Å². The summed E-state index contributed by atoms with van der Waals surface area (Å²) in [6, 6.07) is 56.2. The van der Waals surface area contributed by atoms with Gasteiger partial charge in [-0.15, -0.1) is 0 Å². The van der Waals surface area contributed by atoms with Crippen molar-refractivity contribution < 1.29 is 67.4 Å². The molecule has 0 aliphatic carbocycles. The van der Waals surface area contributed by atoms with E-state index in [-0.39, 0.29) is 59.9 Å². The zero-order valence-electron chi connectivity index (χ0n) is 74.0. The Morgan fingerprint density at radius 3 is 1.33 bits per heavy atom. The number of aryl methyl sites for hydroxylation is 3. The number of amides is 2. The number of hydrogen-bond acceptors (Lipinski definition) is 21. The fourth-order valence-corrected chi connectivity index (χ4v) is 14.8. The number of carbonyl (C=O) groups is 6. The van der Waals surface area contributed by atoms with Gasteiger partial charge < -0.3 is 53.3 Å². The zero-order valence-corrected chi connectivity index (χ0v) is 74.0. The van der Waals surface area contributed by atoms with E-state index in [2.05, 4.69) is 89.9 Å². The normalized spacial score (nSPS) is 13.2. The number of carboxylic acid groups (broad SMARTS) is 1. The predicted molar refractivity (Wildman–Crippen MR) is 495 cm³/mol. The lowest BCUT2D eigenvalue weighted by molar-refractivity contribution is -0.118. The third-order valence-corrected chi connectivity index (χ3v) is 21.3. The van der Waals surface area contributed by atoms with Gasteiger partial charge in [-0.1, -0.05) is 104 Å². The number of benzene rings is 6. The zero-order chi connectivity index (χ0) is 91.5. The number of para-hydroxylation sites is 3. The monoisotopic (exact) mass is 1730 g/mol. The molecule has 6 aromatic carbocycles. The summed E-state index contributed by atoms with van der Waals surface area (Å²) in [6.07, 6.45) is 20.2. The first-order valence-corrected chi connectivity index (χ1v) is 42.0. The third-order valence-electron chi connectivity index (χ3n) is 21.3. The van der Waals surface area contributed by atoms with Crippen molar-refractivity contribution in [2.75, 3.05) is 49.1 Å². The van der Waals surface area contributed by atoms with Crippen molar-refractivity contribution in [3.05, 3.63) is 305 Å². The number of aromatic hydroxyl groups is 1. The molecule has 2 N–H and O–H groups in total. The minimum atomic E-state index is -1.02. The maximum absolute atomic E-state index is 12.4. The lowest BCUT2D eigenvalue weighted by atomic mass is 10.1. The fraction of sp³-hybridized carbons (Fsp3) is 0.257. The summed E-state index contributed by atoms with van der Waals surface area (Å²) < 4.78 is 40.9. The van der Waals surface area contributed by atoms with Gasteiger partial charge in [-0.25, -0.2) is 4.79 Å². The summed E-state index contributed by atoms with van der Waals surface area (Å²) in [4.78, 5) is 93.0. The number of anilines is 3. The minimum absolute atomic E-state index is 0.00934. The largest absolute Gasteiger partial charge is 0.507 e. The molecular weight excluding hydrogens is 1620 g/mol. The number of carbonyl (C=O) groups excluding carboxylic acids is 5. The second-order valence-corrected chi connectivity index (χ2v) is 31.0. The van der Waals surface area contributed by atoms with Crippen LogP contribution in [0.25, 0.3) is 46.3 Å². The molecule has 2 saturated heterocycles. The van der Waals surface area contributed by atoms with Gasteiger partial charge in [0.25, 0.3) is 0 Å². The minimum Gasteiger partial charge on any atom is -0.507 e. The number of phenolic OH excluding ortho intramolecular Hbond substituents is 1. The molecule has 2 aliphatic heterocycles. The van der Waals surface area contributed by atoms with Crippen LogP contribution >= 0.6 is 0 Å². The number of rotatable bonds is 31. The molecule has 0 bridgehead atoms. The number of hydrogen-bond donors (Lipinski definition) is 2. The Bertz CT molecular complexity index is 6020. The number of pyridine rings is 4. The van der Waals surface area contributed by atoms with Crippen LogP contribution in [0.3, 0.4) is 0 Å². The highest BCUT2D eigenvalue weighted by atomic mass is 16.5. The second kappa shape index (κ2) is 45.0. The number of carboxylic acids is 1. The highest BCUT2D eigenvalue weighted by Crippen LogP contribution is 2.39. The highest BCUT2D eigenvalue weighted by Gasteiger charge is 2.36. The Morgan fingerprint density at radius 2 is 0.883 bits per heavy atom. The molecule has 13 aromatic rings. The van der Waals surface area contributed by atoms with E-state index in [4.69, 9.17) is 28.4 Å². The predicted octanol–water partition coefficient (Wildman–Crippen LogP) is 19.4. The Hall–Kier alpha value is -15.2. The van der Waals surface area contributed by atoms with Gasteiger partial charge >= 0.3 is 5.97 Å². The number of phenols is 1. The van der Waals surface area contributed by atoms with Crippen molar-refractivity contribution >= 4 is 65.9 Å². The van der Waals surface area contributed by atoms with Crippen LogP contribution in [-0.2, 0) is 29.4 Å². The van der Waals surface area contributed by atoms with E-state index in [1.807, 2.05) is 186 Å². The molecule has 27 heteroatoms. The van der Waals surface area contributed by atoms with Gasteiger partial charge in [-0.05, 0) is 177 Å². The lowest BCUT2D eigenvalue weighted by Gasteiger charge is -2.26. The number of aromatic carboxylic acids is 1. The van der Waals surface area contributed by atoms with E-state index in [9.17, 15) is 39.0 Å². The summed E-state index contributed by atoms with van der Waals surface area (Å²) in [5.74, 6) is 2.65. The topological polar surface area (TPSA) is 313 Å². The molecule has 0 unspecified atom stereocenters. The van der Waals surface area contributed by atoms with Gasteiger partial charge in [0.15, 0.2) is 18.9 Å². The van der Waals surface area contributed by atoms with E-state index in [1.165, 1.54) is 12.1 Å². The van der Waals surface area contributed by atoms with E-state index in [0.717, 1.165) is 104 Å². The maximum atomic E-state index is 12.4. The van der Waals surface area contributed by atoms with E-state index < -0.39 is 5.97 Å². The number of aromatic nitrogens is 10. The molecule has 0 radical (unpaired) electrons. The molecule has 27 nitrogen and oxygen atoms in total. The number of ether oxygens (including phenoxy) is 6. The van der Waals surface area contributed by atoms with Gasteiger partial charge in [-0.2, -0.15) is 15.3 Å². The van der Waals surface area contributed by atoms with Gasteiger partial charge in [0, 0.05) is 134 Å². The quantitative estimate of drug-likeness (QED) is 0.0381. The lowest BCUT2D eigenvalue weighted by Crippen LogP contribution is -2.37. The van der Waals surface area contributed by atoms with Crippen molar-refractivity contribution in [3.8, 4) is 74.4 Å². The van der Waals surface area contributed by atoms with Crippen molar-refractivity contribution in [1.29, 1.82) is 0 Å². The van der Waals surface area contributed by atoms with Crippen LogP contribution in [0.4, 0.5) is 17.1 Å². The Balaban J connectivity index is 0.000000155. The molecule has 2 fully saturated rings. The standard InChI is InChI=1S/C22H26N4O2.C21H21N3O3.C20H21NO4.C19H20N4O2.C19H19NO3/c1-6-18-20(27)12-17(25(4)5)13-21(18)28-14-16-8-7-10-23-22(16)19-9-11-24-26(19)15(2)3;1-4-16-17(21(25)26)8-5-9-19(16)27-13-15-7-6-11-22-20(15)18-10-12-23-24(18)14(2)3;1-14-6-5-9-18(16(14)12-22)25-13-15-10-11-20(23)21(15)17-7-3-4-8-19(17)24-2;1-13(2)23-17(6-10-22-23)19-15(5-4-8-21-19)12-25-18-7-9-20-14(3)16(18)11-24;1-14-6-5-9-18(17(14)12-21)23-13-16-10-11-19(22)20(16)15-7-3-2-4-8-15/h6-13,15,27H,1,14H2,2-5H3;4-12,14H,1,13H2,2-3H3,(H,25,26);3-9,12,15H,10-11,13H2,1-2H3;4-11,13H,12H2,1-3H3;2-9,12,16H,10-11,13H2,1H3/t;;15-;;16-/m..0.0/s1. The summed E-state index contributed by atoms with van der Waals surface area (Å²) in [5, 5.41) is 32.8. The first kappa shape index (κ1) is 93.5. The van der Waals surface area contributed by atoms with Gasteiger partial charge in [0.1, 0.15) is 73.3 Å². The molecule has 9 heterocycles. The summed E-state index contributed by atoms with van der Waals surface area (Å²) in [6.45, 7) is 27.0. The number of methoxy groups -OCH3 is 1. The Kier molecular flexibility index (Phi) is 32.9. The van der Waals surface area contributed by atoms with Crippen LogP contribution in [0.2, 0.25) is 0 Å². The molecule has 660 valence electrons. The van der Waals surface area contributed by atoms with E-state index in [1.54, 1.807) is 110 Å². The Labute approximate surface area is 745 Å². The molecule has 15 rings (SSSR count). The summed E-state index contributed by atoms with van der Waals surface area (Å²) in [5.41, 5.74) is 15.7. The summed E-state index contributed by atoms with van der Waals surface area (Å²) in [7, 11) is 5.42. The van der Waals surface area contributed by atoms with Crippen molar-refractivity contribution in [2.45, 2.75) is 138 Å². The van der Waals surface area contributed by atoms with Crippen molar-refractivity contribution in [3.63, 3.8) is 0 Å². The van der Waals surface area contributed by atoms with Gasteiger partial charge in [-0.3, -0.25) is 58.0 Å². The molecule has 2 amide bonds. The van der Waals surface area contributed by atoms with Crippen LogP contribution in [0.5, 0.6) is 40.2 Å². The van der Waals surface area contributed by atoms with Gasteiger partial charge in [0.2, 0.25) is 11.8 Å². The van der Waals surface area contributed by atoms with Gasteiger partial charge in [0.05, 0.1) is 92.6 Å². The van der Waals surface area contributed by atoms with Crippen LogP contribution in [0, 0.1) is 20.8 Å². The third kappa shape index (κ3) is 22.9. The number of aldehydes is 3. The number of nitrogens with zero attached hydrogens (tertiary/aromatic N) is 13. The first-order chi connectivity index (χ1) is 61.9. The van der Waals surface area contributed by atoms with Crippen LogP contribution < -0.4 is 43.1 Å². The molecule has 0 saturated carbocycles.